The molecule has 2 amide bonds. The third-order valence-corrected chi connectivity index (χ3v) is 3.90. The molecular formula is C15H18N2O3. The zero-order valence-corrected chi connectivity index (χ0v) is 11.5. The molecule has 2 aliphatic rings. The van der Waals surface area contributed by atoms with E-state index in [0.717, 1.165) is 17.7 Å². The van der Waals surface area contributed by atoms with Crippen LogP contribution in [0.15, 0.2) is 18.2 Å². The molecule has 0 bridgehead atoms. The number of hydrogen-bond acceptors (Lipinski definition) is 3. The second kappa shape index (κ2) is 4.90. The van der Waals surface area contributed by atoms with Gasteiger partial charge in [-0.05, 0) is 43.5 Å². The van der Waals surface area contributed by atoms with E-state index in [4.69, 9.17) is 4.74 Å². The van der Waals surface area contributed by atoms with Crippen LogP contribution >= 0.6 is 0 Å². The fourth-order valence-corrected chi connectivity index (χ4v) is 2.64. The minimum Gasteiger partial charge on any atom is -0.379 e. The Labute approximate surface area is 117 Å². The van der Waals surface area contributed by atoms with Crippen LogP contribution in [0.25, 0.3) is 0 Å². The summed E-state index contributed by atoms with van der Waals surface area (Å²) in [5.41, 5.74) is 2.19. The van der Waals surface area contributed by atoms with Gasteiger partial charge in [0.2, 0.25) is 5.91 Å². The van der Waals surface area contributed by atoms with Gasteiger partial charge in [0.25, 0.3) is 5.91 Å². The second-order valence-corrected chi connectivity index (χ2v) is 5.74. The van der Waals surface area contributed by atoms with E-state index in [-0.39, 0.29) is 17.4 Å². The average molecular weight is 274 g/mol. The van der Waals surface area contributed by atoms with Crippen LogP contribution in [-0.4, -0.2) is 30.6 Å². The molecule has 2 N–H and O–H groups in total. The van der Waals surface area contributed by atoms with Crippen molar-refractivity contribution in [2.24, 2.45) is 0 Å². The van der Waals surface area contributed by atoms with E-state index in [2.05, 4.69) is 10.6 Å². The van der Waals surface area contributed by atoms with Crippen LogP contribution in [-0.2, 0) is 16.0 Å². The molecule has 20 heavy (non-hydrogen) atoms. The van der Waals surface area contributed by atoms with Crippen molar-refractivity contribution in [1.29, 1.82) is 0 Å². The van der Waals surface area contributed by atoms with E-state index in [1.165, 1.54) is 0 Å². The summed E-state index contributed by atoms with van der Waals surface area (Å²) < 4.78 is 5.34. The summed E-state index contributed by atoms with van der Waals surface area (Å²) in [4.78, 5) is 23.6. The normalized spacial score (nSPS) is 24.9. The smallest absolute Gasteiger partial charge is 0.251 e. The molecule has 106 valence electrons. The molecule has 2 aliphatic heterocycles. The zero-order valence-electron chi connectivity index (χ0n) is 11.5. The first-order valence-electron chi connectivity index (χ1n) is 6.89. The number of hydrogen-bond donors (Lipinski definition) is 2. The van der Waals surface area contributed by atoms with E-state index in [0.29, 0.717) is 31.6 Å². The van der Waals surface area contributed by atoms with Gasteiger partial charge in [-0.3, -0.25) is 9.59 Å². The summed E-state index contributed by atoms with van der Waals surface area (Å²) in [6, 6.07) is 5.41. The Balaban J connectivity index is 1.77. The summed E-state index contributed by atoms with van der Waals surface area (Å²) in [6.45, 7) is 3.24. The van der Waals surface area contributed by atoms with Crippen LogP contribution in [0, 0.1) is 0 Å². The lowest BCUT2D eigenvalue weighted by atomic mass is 9.98. The van der Waals surface area contributed by atoms with Crippen LogP contribution in [0.5, 0.6) is 0 Å². The lowest BCUT2D eigenvalue weighted by molar-refractivity contribution is -0.116. The number of anilines is 1. The highest BCUT2D eigenvalue weighted by Crippen LogP contribution is 2.24. The quantitative estimate of drug-likeness (QED) is 0.858. The van der Waals surface area contributed by atoms with E-state index in [9.17, 15) is 9.59 Å². The van der Waals surface area contributed by atoms with Crippen molar-refractivity contribution in [2.45, 2.75) is 31.7 Å². The molecule has 1 atom stereocenters. The maximum atomic E-state index is 12.3. The maximum absolute atomic E-state index is 12.3. The molecule has 1 aromatic rings. The summed E-state index contributed by atoms with van der Waals surface area (Å²) in [6.07, 6.45) is 1.99. The van der Waals surface area contributed by atoms with Crippen LogP contribution in [0.1, 0.15) is 35.7 Å². The van der Waals surface area contributed by atoms with Gasteiger partial charge in [-0.1, -0.05) is 0 Å². The SMILES string of the molecule is CC1(NC(=O)c2ccc3c(c2)CCC(=O)N3)CCOC1. The van der Waals surface area contributed by atoms with Crippen molar-refractivity contribution in [3.63, 3.8) is 0 Å². The minimum atomic E-state index is -0.277. The number of amides is 2. The molecule has 1 saturated heterocycles. The molecule has 0 aromatic heterocycles. The fourth-order valence-electron chi connectivity index (χ4n) is 2.64. The van der Waals surface area contributed by atoms with E-state index < -0.39 is 0 Å². The summed E-state index contributed by atoms with van der Waals surface area (Å²) in [7, 11) is 0. The molecule has 1 aromatic carbocycles. The molecule has 1 unspecified atom stereocenters. The Morgan fingerprint density at radius 3 is 3.00 bits per heavy atom. The van der Waals surface area contributed by atoms with Crippen molar-refractivity contribution >= 4 is 17.5 Å². The van der Waals surface area contributed by atoms with Gasteiger partial charge in [-0.2, -0.15) is 0 Å². The van der Waals surface area contributed by atoms with Gasteiger partial charge >= 0.3 is 0 Å². The molecule has 5 nitrogen and oxygen atoms in total. The third-order valence-electron chi connectivity index (χ3n) is 3.90. The predicted octanol–water partition coefficient (Wildman–Crippen LogP) is 1.48. The lowest BCUT2D eigenvalue weighted by Crippen LogP contribution is -2.46. The van der Waals surface area contributed by atoms with Gasteiger partial charge in [0, 0.05) is 24.3 Å². The van der Waals surface area contributed by atoms with Crippen molar-refractivity contribution < 1.29 is 14.3 Å². The minimum absolute atomic E-state index is 0.0327. The maximum Gasteiger partial charge on any atom is 0.251 e. The Morgan fingerprint density at radius 2 is 2.25 bits per heavy atom. The monoisotopic (exact) mass is 274 g/mol. The Hall–Kier alpha value is -1.88. The number of benzene rings is 1. The summed E-state index contributed by atoms with van der Waals surface area (Å²) in [5.74, 6) is -0.0528. The van der Waals surface area contributed by atoms with Gasteiger partial charge in [0.15, 0.2) is 0 Å². The molecule has 5 heteroatoms. The molecule has 0 radical (unpaired) electrons. The van der Waals surface area contributed by atoms with Crippen LogP contribution in [0.4, 0.5) is 5.69 Å². The highest BCUT2D eigenvalue weighted by molar-refractivity contribution is 5.98. The number of ether oxygens (including phenoxy) is 1. The van der Waals surface area contributed by atoms with Gasteiger partial charge in [0.1, 0.15) is 0 Å². The third kappa shape index (κ3) is 2.54. The predicted molar refractivity (Wildman–Crippen MR) is 74.7 cm³/mol. The van der Waals surface area contributed by atoms with Crippen molar-refractivity contribution in [2.75, 3.05) is 18.5 Å². The Bertz CT molecular complexity index is 562. The summed E-state index contributed by atoms with van der Waals surface area (Å²) >= 11 is 0. The molecule has 0 saturated carbocycles. The summed E-state index contributed by atoms with van der Waals surface area (Å²) in [5, 5.41) is 5.85. The second-order valence-electron chi connectivity index (χ2n) is 5.74. The molecule has 0 aliphatic carbocycles. The number of fused-ring (bicyclic) bond motifs is 1. The molecule has 3 rings (SSSR count). The zero-order chi connectivity index (χ0) is 14.2. The van der Waals surface area contributed by atoms with Gasteiger partial charge in [0.05, 0.1) is 12.1 Å². The Kier molecular flexibility index (Phi) is 3.22. The fraction of sp³-hybridized carbons (Fsp3) is 0.467. The highest BCUT2D eigenvalue weighted by atomic mass is 16.5. The van der Waals surface area contributed by atoms with Crippen LogP contribution in [0.3, 0.4) is 0 Å². The number of aryl methyl sites for hydroxylation is 1. The first kappa shape index (κ1) is 13.1. The Morgan fingerprint density at radius 1 is 1.40 bits per heavy atom. The van der Waals surface area contributed by atoms with E-state index in [1.54, 1.807) is 12.1 Å². The van der Waals surface area contributed by atoms with Crippen molar-refractivity contribution in [3.05, 3.63) is 29.3 Å². The molecule has 0 spiro atoms. The first-order chi connectivity index (χ1) is 9.56. The molecular weight excluding hydrogens is 256 g/mol. The average Bonchev–Trinajstić information content (AvgIpc) is 2.84. The van der Waals surface area contributed by atoms with Gasteiger partial charge in [-0.15, -0.1) is 0 Å². The lowest BCUT2D eigenvalue weighted by Gasteiger charge is -2.24. The topological polar surface area (TPSA) is 67.4 Å². The van der Waals surface area contributed by atoms with Gasteiger partial charge < -0.3 is 15.4 Å². The highest BCUT2D eigenvalue weighted by Gasteiger charge is 2.31. The van der Waals surface area contributed by atoms with Crippen molar-refractivity contribution in [1.82, 2.24) is 5.32 Å². The number of nitrogens with one attached hydrogen (secondary N) is 2. The van der Waals surface area contributed by atoms with E-state index in [1.807, 2.05) is 13.0 Å². The molecule has 2 heterocycles. The van der Waals surface area contributed by atoms with E-state index >= 15 is 0 Å². The molecule has 1 fully saturated rings. The standard InChI is InChI=1S/C15H18N2O3/c1-15(6-7-20-9-15)17-14(19)11-2-4-12-10(8-11)3-5-13(18)16-12/h2,4,8H,3,5-7,9H2,1H3,(H,16,18)(H,17,19). The number of carbonyl (C=O) groups excluding carboxylic acids is 2. The van der Waals surface area contributed by atoms with Gasteiger partial charge in [-0.25, -0.2) is 0 Å². The van der Waals surface area contributed by atoms with Crippen LogP contribution < -0.4 is 10.6 Å². The number of rotatable bonds is 2. The van der Waals surface area contributed by atoms with Crippen molar-refractivity contribution in [3.8, 4) is 0 Å². The number of carbonyl (C=O) groups is 2. The first-order valence-corrected chi connectivity index (χ1v) is 6.89. The van der Waals surface area contributed by atoms with Crippen LogP contribution in [0.2, 0.25) is 0 Å². The largest absolute Gasteiger partial charge is 0.379 e.